The summed E-state index contributed by atoms with van der Waals surface area (Å²) < 4.78 is 5.62. The summed E-state index contributed by atoms with van der Waals surface area (Å²) in [6, 6.07) is 13.8. The number of ether oxygens (including phenoxy) is 1. The van der Waals surface area contributed by atoms with E-state index in [0.29, 0.717) is 23.7 Å². The van der Waals surface area contributed by atoms with Crippen molar-refractivity contribution in [2.45, 2.75) is 31.2 Å². The first-order valence-corrected chi connectivity index (χ1v) is 9.42. The van der Waals surface area contributed by atoms with Crippen molar-refractivity contribution in [3.8, 4) is 5.75 Å². The van der Waals surface area contributed by atoms with Gasteiger partial charge in [0.1, 0.15) is 5.75 Å². The largest absolute Gasteiger partial charge is 0.545 e. The molecule has 2 bridgehead atoms. The molecular formula is C22H22NO3-. The second-order valence-corrected chi connectivity index (χ2v) is 7.86. The minimum Gasteiger partial charge on any atom is -0.545 e. The zero-order chi connectivity index (χ0) is 17.8. The molecule has 26 heavy (non-hydrogen) atoms. The quantitative estimate of drug-likeness (QED) is 0.924. The Morgan fingerprint density at radius 1 is 1.08 bits per heavy atom. The monoisotopic (exact) mass is 348 g/mol. The predicted molar refractivity (Wildman–Crippen MR) is 97.2 cm³/mol. The van der Waals surface area contributed by atoms with Gasteiger partial charge in [-0.3, -0.25) is 0 Å². The maximum atomic E-state index is 11.7. The summed E-state index contributed by atoms with van der Waals surface area (Å²) >= 11 is 0. The number of para-hydroxylation sites is 2. The van der Waals surface area contributed by atoms with Crippen molar-refractivity contribution in [3.05, 3.63) is 59.2 Å². The van der Waals surface area contributed by atoms with Crippen LogP contribution in [0.3, 0.4) is 0 Å². The van der Waals surface area contributed by atoms with Crippen molar-refractivity contribution < 1.29 is 14.6 Å². The van der Waals surface area contributed by atoms with Crippen LogP contribution in [0, 0.1) is 17.8 Å². The van der Waals surface area contributed by atoms with Crippen LogP contribution in [-0.2, 0) is 0 Å². The number of carboxylic acids is 1. The molecule has 2 aliphatic carbocycles. The Kier molecular flexibility index (Phi) is 3.49. The molecule has 5 rings (SSSR count). The molecule has 0 radical (unpaired) electrons. The Hall–Kier alpha value is -2.49. The van der Waals surface area contributed by atoms with Crippen molar-refractivity contribution in [2.75, 3.05) is 12.4 Å². The van der Waals surface area contributed by atoms with Crippen LogP contribution in [0.1, 0.15) is 52.7 Å². The highest BCUT2D eigenvalue weighted by molar-refractivity contribution is 5.94. The summed E-state index contributed by atoms with van der Waals surface area (Å²) in [6.45, 7) is 0. The fourth-order valence-electron chi connectivity index (χ4n) is 5.92. The van der Waals surface area contributed by atoms with Crippen LogP contribution in [0.4, 0.5) is 5.69 Å². The summed E-state index contributed by atoms with van der Waals surface area (Å²) in [6.07, 6.45) is 3.77. The van der Waals surface area contributed by atoms with Crippen molar-refractivity contribution in [2.24, 2.45) is 17.8 Å². The van der Waals surface area contributed by atoms with Gasteiger partial charge >= 0.3 is 0 Å². The van der Waals surface area contributed by atoms with Gasteiger partial charge in [-0.15, -0.1) is 0 Å². The maximum Gasteiger partial charge on any atom is 0.124 e. The smallest absolute Gasteiger partial charge is 0.124 e. The van der Waals surface area contributed by atoms with Crippen LogP contribution in [-0.4, -0.2) is 13.1 Å². The third kappa shape index (κ3) is 2.11. The second-order valence-electron chi connectivity index (χ2n) is 7.86. The van der Waals surface area contributed by atoms with Gasteiger partial charge < -0.3 is 20.0 Å². The number of aromatic carboxylic acids is 1. The molecule has 4 heteroatoms. The number of carbonyl (C=O) groups is 1. The first-order chi connectivity index (χ1) is 12.7. The first-order valence-electron chi connectivity index (χ1n) is 9.42. The molecule has 2 saturated carbocycles. The molecule has 0 saturated heterocycles. The summed E-state index contributed by atoms with van der Waals surface area (Å²) in [5.74, 6) is 1.98. The Morgan fingerprint density at radius 2 is 1.85 bits per heavy atom. The lowest BCUT2D eigenvalue weighted by Crippen LogP contribution is -2.37. The molecule has 2 aromatic carbocycles. The summed E-state index contributed by atoms with van der Waals surface area (Å²) in [5, 5.41) is 15.3. The zero-order valence-corrected chi connectivity index (χ0v) is 14.8. The lowest BCUT2D eigenvalue weighted by atomic mass is 9.67. The van der Waals surface area contributed by atoms with Crippen LogP contribution in [0.5, 0.6) is 5.75 Å². The number of carbonyl (C=O) groups excluding carboxylic acids is 1. The molecule has 1 heterocycles. The van der Waals surface area contributed by atoms with Crippen LogP contribution < -0.4 is 15.2 Å². The summed E-state index contributed by atoms with van der Waals surface area (Å²) in [7, 11) is 1.69. The first kappa shape index (κ1) is 15.7. The Balaban J connectivity index is 1.69. The Bertz CT molecular complexity index is 877. The second kappa shape index (κ2) is 5.76. The van der Waals surface area contributed by atoms with E-state index in [1.165, 1.54) is 19.3 Å². The van der Waals surface area contributed by atoms with E-state index in [1.54, 1.807) is 13.2 Å². The van der Waals surface area contributed by atoms with Crippen LogP contribution >= 0.6 is 0 Å². The van der Waals surface area contributed by atoms with Crippen LogP contribution in [0.15, 0.2) is 42.5 Å². The Morgan fingerprint density at radius 3 is 2.65 bits per heavy atom. The molecule has 1 aliphatic heterocycles. The molecule has 2 fully saturated rings. The number of hydrogen-bond donors (Lipinski definition) is 1. The molecule has 0 unspecified atom stereocenters. The third-order valence-electron chi connectivity index (χ3n) is 6.82. The van der Waals surface area contributed by atoms with Gasteiger partial charge in [-0.1, -0.05) is 36.4 Å². The molecule has 3 aliphatic rings. The minimum absolute atomic E-state index is 0.0689. The van der Waals surface area contributed by atoms with E-state index in [9.17, 15) is 9.90 Å². The lowest BCUT2D eigenvalue weighted by molar-refractivity contribution is -0.254. The van der Waals surface area contributed by atoms with E-state index < -0.39 is 5.97 Å². The third-order valence-corrected chi connectivity index (χ3v) is 6.82. The fourth-order valence-corrected chi connectivity index (χ4v) is 5.92. The van der Waals surface area contributed by atoms with E-state index in [0.717, 1.165) is 22.6 Å². The number of methoxy groups -OCH3 is 1. The number of fused-ring (bicyclic) bond motifs is 7. The average molecular weight is 348 g/mol. The van der Waals surface area contributed by atoms with Gasteiger partial charge in [0.25, 0.3) is 0 Å². The van der Waals surface area contributed by atoms with Crippen molar-refractivity contribution in [1.82, 2.24) is 0 Å². The van der Waals surface area contributed by atoms with Gasteiger partial charge in [0, 0.05) is 16.8 Å². The molecule has 2 aromatic rings. The highest BCUT2D eigenvalue weighted by atomic mass is 16.5. The molecular weight excluding hydrogens is 326 g/mol. The maximum absolute atomic E-state index is 11.7. The number of anilines is 1. The normalized spacial score (nSPS) is 31.0. The number of nitrogens with one attached hydrogen (secondary N) is 1. The van der Waals surface area contributed by atoms with Gasteiger partial charge in [0.05, 0.1) is 19.1 Å². The highest BCUT2D eigenvalue weighted by Crippen LogP contribution is 2.64. The number of rotatable bonds is 3. The van der Waals surface area contributed by atoms with E-state index in [2.05, 4.69) is 17.4 Å². The molecule has 0 spiro atoms. The number of benzene rings is 2. The van der Waals surface area contributed by atoms with E-state index in [4.69, 9.17) is 4.74 Å². The van der Waals surface area contributed by atoms with Crippen LogP contribution in [0.25, 0.3) is 0 Å². The van der Waals surface area contributed by atoms with Gasteiger partial charge in [-0.25, -0.2) is 0 Å². The minimum atomic E-state index is -1.12. The van der Waals surface area contributed by atoms with Gasteiger partial charge in [-0.2, -0.15) is 0 Å². The number of hydrogen-bond acceptors (Lipinski definition) is 4. The topological polar surface area (TPSA) is 61.4 Å². The highest BCUT2D eigenvalue weighted by Gasteiger charge is 2.54. The molecule has 1 N–H and O–H groups in total. The lowest BCUT2D eigenvalue weighted by Gasteiger charge is -2.44. The summed E-state index contributed by atoms with van der Waals surface area (Å²) in [5.41, 5.74) is 3.30. The molecule has 0 amide bonds. The molecule has 4 nitrogen and oxygen atoms in total. The Labute approximate surface area is 153 Å². The predicted octanol–water partition coefficient (Wildman–Crippen LogP) is 3.36. The zero-order valence-electron chi connectivity index (χ0n) is 14.8. The molecule has 134 valence electrons. The molecule has 0 aromatic heterocycles. The fraction of sp³-hybridized carbons (Fsp3) is 0.409. The van der Waals surface area contributed by atoms with Crippen LogP contribution in [0.2, 0.25) is 0 Å². The average Bonchev–Trinajstić information content (AvgIpc) is 3.29. The van der Waals surface area contributed by atoms with Gasteiger partial charge in [-0.05, 0) is 54.6 Å². The van der Waals surface area contributed by atoms with Gasteiger partial charge in [0.2, 0.25) is 0 Å². The van der Waals surface area contributed by atoms with E-state index in [1.807, 2.05) is 24.3 Å². The van der Waals surface area contributed by atoms with Crippen molar-refractivity contribution >= 4 is 11.7 Å². The SMILES string of the molecule is COc1ccccc1[C@@H]1Nc2c(C(=O)[O-])cccc2[C@H]2[C@H]3CC[C@H](C3)[C@H]21. The molecule has 5 atom stereocenters. The standard InChI is InChI=1S/C22H23NO3/c1-26-17-8-3-2-5-14(17)21-19-13-10-9-12(11-13)18(19)15-6-4-7-16(22(24)25)20(15)23-21/h2-8,12-13,18-19,21,23H,9-11H2,1H3,(H,24,25)/p-1/t12-,13+,18+,19+,21-/m0/s1. The van der Waals surface area contributed by atoms with Crippen molar-refractivity contribution in [1.29, 1.82) is 0 Å². The van der Waals surface area contributed by atoms with Gasteiger partial charge in [0.15, 0.2) is 0 Å². The van der Waals surface area contributed by atoms with E-state index in [-0.39, 0.29) is 11.6 Å². The van der Waals surface area contributed by atoms with E-state index >= 15 is 0 Å². The summed E-state index contributed by atoms with van der Waals surface area (Å²) in [4.78, 5) is 11.7. The number of carboxylic acid groups (broad SMARTS) is 1. The van der Waals surface area contributed by atoms with Crippen molar-refractivity contribution in [3.63, 3.8) is 0 Å².